The summed E-state index contributed by atoms with van der Waals surface area (Å²) in [6, 6.07) is 64.1. The molecule has 0 atom stereocenters. The SMILES string of the molecule is c1ccc(-c2ccc(-c3cc(-c4cccc5c4-c4ccccc4C5(c4ccccc4)c4ccccc4)nc(-c4ccccc4)n3)cn2)cc1. The monoisotopic (exact) mass is 625 g/mol. The standard InChI is InChI=1S/C46H31N3/c1-5-16-32(17-6-1)41-29-28-34(31-47-41)42-30-43(49-45(48-42)33-18-7-2-8-19-33)38-25-15-27-40-44(38)37-24-13-14-26-39(37)46(40,35-20-9-3-10-21-35)36-22-11-4-12-23-36/h1-31H. The van der Waals surface area contributed by atoms with Gasteiger partial charge in [-0.25, -0.2) is 9.97 Å². The van der Waals surface area contributed by atoms with Crippen LogP contribution in [0.15, 0.2) is 188 Å². The molecule has 0 unspecified atom stereocenters. The molecule has 2 aromatic heterocycles. The molecule has 0 saturated heterocycles. The van der Waals surface area contributed by atoms with Gasteiger partial charge in [-0.2, -0.15) is 0 Å². The Bertz CT molecular complexity index is 2370. The minimum Gasteiger partial charge on any atom is -0.256 e. The van der Waals surface area contributed by atoms with E-state index in [2.05, 4.69) is 146 Å². The van der Waals surface area contributed by atoms with Crippen molar-refractivity contribution in [3.63, 3.8) is 0 Å². The van der Waals surface area contributed by atoms with Crippen LogP contribution in [0.1, 0.15) is 22.3 Å². The second-order valence-electron chi connectivity index (χ2n) is 12.4. The third-order valence-corrected chi connectivity index (χ3v) is 9.65. The molecule has 1 aliphatic rings. The van der Waals surface area contributed by atoms with E-state index >= 15 is 0 Å². The van der Waals surface area contributed by atoms with Crippen molar-refractivity contribution in [2.75, 3.05) is 0 Å². The predicted molar refractivity (Wildman–Crippen MR) is 199 cm³/mol. The Balaban J connectivity index is 1.29. The van der Waals surface area contributed by atoms with Gasteiger partial charge in [0.15, 0.2) is 5.82 Å². The van der Waals surface area contributed by atoms with Crippen molar-refractivity contribution in [3.05, 3.63) is 210 Å². The van der Waals surface area contributed by atoms with Gasteiger partial charge in [-0.3, -0.25) is 4.98 Å². The van der Waals surface area contributed by atoms with Gasteiger partial charge in [-0.1, -0.05) is 164 Å². The highest BCUT2D eigenvalue weighted by molar-refractivity contribution is 5.95. The van der Waals surface area contributed by atoms with Crippen molar-refractivity contribution < 1.29 is 0 Å². The number of fused-ring (bicyclic) bond motifs is 3. The Kier molecular flexibility index (Phi) is 7.02. The zero-order chi connectivity index (χ0) is 32.6. The fourth-order valence-corrected chi connectivity index (χ4v) is 7.48. The minimum absolute atomic E-state index is 0.486. The Morgan fingerprint density at radius 1 is 0.367 bits per heavy atom. The van der Waals surface area contributed by atoms with E-state index in [1.165, 1.54) is 33.4 Å². The molecule has 49 heavy (non-hydrogen) atoms. The van der Waals surface area contributed by atoms with E-state index in [4.69, 9.17) is 15.0 Å². The van der Waals surface area contributed by atoms with Crippen LogP contribution in [0.5, 0.6) is 0 Å². The van der Waals surface area contributed by atoms with E-state index in [1.54, 1.807) is 0 Å². The van der Waals surface area contributed by atoms with Gasteiger partial charge in [0.25, 0.3) is 0 Å². The van der Waals surface area contributed by atoms with E-state index < -0.39 is 5.41 Å². The topological polar surface area (TPSA) is 38.7 Å². The van der Waals surface area contributed by atoms with Crippen molar-refractivity contribution >= 4 is 0 Å². The van der Waals surface area contributed by atoms with Crippen molar-refractivity contribution in [2.24, 2.45) is 0 Å². The van der Waals surface area contributed by atoms with Crippen LogP contribution in [0.4, 0.5) is 0 Å². The van der Waals surface area contributed by atoms with Crippen molar-refractivity contribution in [3.8, 4) is 56.3 Å². The Labute approximate surface area is 286 Å². The predicted octanol–water partition coefficient (Wildman–Crippen LogP) is 10.9. The summed E-state index contributed by atoms with van der Waals surface area (Å²) in [6.07, 6.45) is 1.92. The van der Waals surface area contributed by atoms with Crippen molar-refractivity contribution in [1.82, 2.24) is 15.0 Å². The van der Waals surface area contributed by atoms with Gasteiger partial charge in [0.2, 0.25) is 0 Å². The number of nitrogens with zero attached hydrogens (tertiary/aromatic N) is 3. The summed E-state index contributed by atoms with van der Waals surface area (Å²) in [5, 5.41) is 0. The van der Waals surface area contributed by atoms with Gasteiger partial charge in [0, 0.05) is 28.5 Å². The maximum Gasteiger partial charge on any atom is 0.160 e. The quantitative estimate of drug-likeness (QED) is 0.185. The van der Waals surface area contributed by atoms with E-state index in [1.807, 2.05) is 42.6 Å². The second-order valence-corrected chi connectivity index (χ2v) is 12.4. The summed E-state index contributed by atoms with van der Waals surface area (Å²) in [7, 11) is 0. The van der Waals surface area contributed by atoms with Crippen molar-refractivity contribution in [2.45, 2.75) is 5.41 Å². The number of hydrogen-bond acceptors (Lipinski definition) is 3. The molecule has 1 aliphatic carbocycles. The third kappa shape index (κ3) is 4.78. The van der Waals surface area contributed by atoms with Gasteiger partial charge in [-0.15, -0.1) is 0 Å². The average Bonchev–Trinajstić information content (AvgIpc) is 3.50. The van der Waals surface area contributed by atoms with Crippen LogP contribution in [-0.2, 0) is 5.41 Å². The zero-order valence-corrected chi connectivity index (χ0v) is 26.7. The minimum atomic E-state index is -0.486. The Morgan fingerprint density at radius 2 is 0.918 bits per heavy atom. The molecular weight excluding hydrogens is 595 g/mol. The molecule has 0 spiro atoms. The Morgan fingerprint density at radius 3 is 1.57 bits per heavy atom. The largest absolute Gasteiger partial charge is 0.256 e. The lowest BCUT2D eigenvalue weighted by Crippen LogP contribution is -2.28. The molecule has 0 N–H and O–H groups in total. The van der Waals surface area contributed by atoms with Crippen LogP contribution >= 0.6 is 0 Å². The number of aromatic nitrogens is 3. The summed E-state index contributed by atoms with van der Waals surface area (Å²) in [5.74, 6) is 0.682. The molecule has 0 saturated carbocycles. The third-order valence-electron chi connectivity index (χ3n) is 9.65. The normalized spacial score (nSPS) is 12.7. The molecule has 6 aromatic carbocycles. The smallest absolute Gasteiger partial charge is 0.160 e. The van der Waals surface area contributed by atoms with Gasteiger partial charge in [0.1, 0.15) is 0 Å². The first-order chi connectivity index (χ1) is 24.3. The number of rotatable bonds is 6. The molecule has 0 bridgehead atoms. The highest BCUT2D eigenvalue weighted by Crippen LogP contribution is 2.58. The maximum atomic E-state index is 5.28. The summed E-state index contributed by atoms with van der Waals surface area (Å²) < 4.78 is 0. The molecule has 0 radical (unpaired) electrons. The van der Waals surface area contributed by atoms with Gasteiger partial charge in [-0.05, 0) is 51.6 Å². The first kappa shape index (κ1) is 28.7. The zero-order valence-electron chi connectivity index (χ0n) is 26.7. The van der Waals surface area contributed by atoms with E-state index in [-0.39, 0.29) is 0 Å². The molecule has 9 rings (SSSR count). The fourth-order valence-electron chi connectivity index (χ4n) is 7.48. The molecule has 0 amide bonds. The van der Waals surface area contributed by atoms with Crippen LogP contribution in [0, 0.1) is 0 Å². The highest BCUT2D eigenvalue weighted by atomic mass is 14.9. The van der Waals surface area contributed by atoms with Crippen LogP contribution in [0.3, 0.4) is 0 Å². The Hall–Kier alpha value is -6.45. The van der Waals surface area contributed by atoms with Crippen molar-refractivity contribution in [1.29, 1.82) is 0 Å². The van der Waals surface area contributed by atoms with Crippen LogP contribution in [-0.4, -0.2) is 15.0 Å². The number of hydrogen-bond donors (Lipinski definition) is 0. The van der Waals surface area contributed by atoms with E-state index in [0.717, 1.165) is 39.3 Å². The van der Waals surface area contributed by atoms with Crippen LogP contribution in [0.25, 0.3) is 56.3 Å². The van der Waals surface area contributed by atoms with Crippen LogP contribution in [0.2, 0.25) is 0 Å². The summed E-state index contributed by atoms with van der Waals surface area (Å²) >= 11 is 0. The molecule has 8 aromatic rings. The van der Waals surface area contributed by atoms with E-state index in [0.29, 0.717) is 5.82 Å². The fraction of sp³-hybridized carbons (Fsp3) is 0.0217. The highest BCUT2D eigenvalue weighted by Gasteiger charge is 2.46. The number of benzene rings is 6. The molecule has 2 heterocycles. The van der Waals surface area contributed by atoms with Gasteiger partial charge >= 0.3 is 0 Å². The summed E-state index contributed by atoms with van der Waals surface area (Å²) in [4.78, 5) is 15.2. The van der Waals surface area contributed by atoms with Gasteiger partial charge < -0.3 is 0 Å². The molecule has 230 valence electrons. The molecule has 0 fully saturated rings. The summed E-state index contributed by atoms with van der Waals surface area (Å²) in [5.41, 5.74) is 13.6. The molecular formula is C46H31N3. The lowest BCUT2D eigenvalue weighted by Gasteiger charge is -2.33. The van der Waals surface area contributed by atoms with Crippen LogP contribution < -0.4 is 0 Å². The second kappa shape index (κ2) is 12.0. The molecule has 0 aliphatic heterocycles. The summed E-state index contributed by atoms with van der Waals surface area (Å²) in [6.45, 7) is 0. The van der Waals surface area contributed by atoms with E-state index in [9.17, 15) is 0 Å². The lowest BCUT2D eigenvalue weighted by atomic mass is 9.67. The maximum absolute atomic E-state index is 5.28. The average molecular weight is 626 g/mol. The van der Waals surface area contributed by atoms with Gasteiger partial charge in [0.05, 0.1) is 22.5 Å². The molecule has 3 nitrogen and oxygen atoms in total. The number of pyridine rings is 1. The first-order valence-electron chi connectivity index (χ1n) is 16.6. The first-order valence-corrected chi connectivity index (χ1v) is 16.6. The lowest BCUT2D eigenvalue weighted by molar-refractivity contribution is 0.768. The molecule has 3 heteroatoms.